The van der Waals surface area contributed by atoms with E-state index >= 15 is 0 Å². The van der Waals surface area contributed by atoms with Crippen LogP contribution < -0.4 is 4.74 Å². The second-order valence-electron chi connectivity index (χ2n) is 4.31. The Labute approximate surface area is 90.9 Å². The van der Waals surface area contributed by atoms with E-state index in [1.807, 2.05) is 24.3 Å². The van der Waals surface area contributed by atoms with Crippen molar-refractivity contribution in [2.45, 2.75) is 31.8 Å². The molecule has 1 aromatic carbocycles. The summed E-state index contributed by atoms with van der Waals surface area (Å²) >= 11 is 0. The highest BCUT2D eigenvalue weighted by Gasteiger charge is 2.25. The van der Waals surface area contributed by atoms with E-state index in [-0.39, 0.29) is 6.10 Å². The number of methoxy groups -OCH3 is 1. The quantitative estimate of drug-likeness (QED) is 0.819. The summed E-state index contributed by atoms with van der Waals surface area (Å²) in [5.74, 6) is 1.39. The van der Waals surface area contributed by atoms with Crippen molar-refractivity contribution in [2.75, 3.05) is 7.11 Å². The van der Waals surface area contributed by atoms with Crippen molar-refractivity contribution in [3.8, 4) is 5.75 Å². The summed E-state index contributed by atoms with van der Waals surface area (Å²) in [7, 11) is 1.67. The second kappa shape index (κ2) is 4.67. The number of aliphatic hydroxyl groups excluding tert-OH is 1. The van der Waals surface area contributed by atoms with Crippen LogP contribution in [0.4, 0.5) is 0 Å². The first-order chi connectivity index (χ1) is 7.29. The number of aliphatic hydroxyl groups is 1. The Morgan fingerprint density at radius 1 is 1.47 bits per heavy atom. The number of hydrogen-bond acceptors (Lipinski definition) is 2. The summed E-state index contributed by atoms with van der Waals surface area (Å²) < 4.78 is 5.16. The van der Waals surface area contributed by atoms with Crippen LogP contribution in [0, 0.1) is 5.92 Å². The lowest BCUT2D eigenvalue weighted by molar-refractivity contribution is 0.0630. The molecule has 82 valence electrons. The highest BCUT2D eigenvalue weighted by Crippen LogP contribution is 2.31. The molecule has 2 heteroatoms. The Hall–Kier alpha value is -1.02. The van der Waals surface area contributed by atoms with Crippen LogP contribution in [0.15, 0.2) is 24.3 Å². The SMILES string of the molecule is COc1cccc(CC(O)C2CCC2)c1. The van der Waals surface area contributed by atoms with Crippen LogP contribution in [0.1, 0.15) is 24.8 Å². The molecule has 0 radical (unpaired) electrons. The minimum atomic E-state index is -0.175. The van der Waals surface area contributed by atoms with Gasteiger partial charge in [0.1, 0.15) is 5.75 Å². The molecule has 1 atom stereocenters. The zero-order chi connectivity index (χ0) is 10.7. The van der Waals surface area contributed by atoms with Gasteiger partial charge in [-0.15, -0.1) is 0 Å². The Kier molecular flexibility index (Phi) is 3.27. The molecule has 15 heavy (non-hydrogen) atoms. The number of hydrogen-bond donors (Lipinski definition) is 1. The molecule has 1 fully saturated rings. The van der Waals surface area contributed by atoms with E-state index in [4.69, 9.17) is 4.74 Å². The van der Waals surface area contributed by atoms with Gasteiger partial charge in [-0.2, -0.15) is 0 Å². The Bertz CT molecular complexity index is 318. The lowest BCUT2D eigenvalue weighted by atomic mass is 9.79. The molecule has 1 saturated carbocycles. The Morgan fingerprint density at radius 3 is 2.87 bits per heavy atom. The van der Waals surface area contributed by atoms with Gasteiger partial charge in [0.05, 0.1) is 13.2 Å². The fraction of sp³-hybridized carbons (Fsp3) is 0.538. The van der Waals surface area contributed by atoms with Crippen molar-refractivity contribution in [3.63, 3.8) is 0 Å². The van der Waals surface area contributed by atoms with Crippen molar-refractivity contribution in [1.82, 2.24) is 0 Å². The summed E-state index contributed by atoms with van der Waals surface area (Å²) in [6.07, 6.45) is 4.23. The monoisotopic (exact) mass is 206 g/mol. The zero-order valence-corrected chi connectivity index (χ0v) is 9.15. The average Bonchev–Trinajstić information content (AvgIpc) is 2.15. The van der Waals surface area contributed by atoms with E-state index in [2.05, 4.69) is 0 Å². The standard InChI is InChI=1S/C13H18O2/c1-15-12-7-2-4-10(8-12)9-13(14)11-5-3-6-11/h2,4,7-8,11,13-14H,3,5-6,9H2,1H3. The van der Waals surface area contributed by atoms with Gasteiger partial charge in [-0.05, 0) is 42.9 Å². The summed E-state index contributed by atoms with van der Waals surface area (Å²) in [4.78, 5) is 0. The average molecular weight is 206 g/mol. The molecule has 0 aliphatic heterocycles. The maximum atomic E-state index is 9.95. The fourth-order valence-electron chi connectivity index (χ4n) is 2.03. The van der Waals surface area contributed by atoms with Gasteiger partial charge in [-0.3, -0.25) is 0 Å². The first-order valence-corrected chi connectivity index (χ1v) is 5.60. The summed E-state index contributed by atoms with van der Waals surface area (Å²) in [5, 5.41) is 9.95. The maximum Gasteiger partial charge on any atom is 0.119 e. The van der Waals surface area contributed by atoms with E-state index in [0.717, 1.165) is 17.7 Å². The van der Waals surface area contributed by atoms with Crippen LogP contribution in [0.25, 0.3) is 0 Å². The molecule has 1 unspecified atom stereocenters. The van der Waals surface area contributed by atoms with Crippen LogP contribution in [0.5, 0.6) is 5.75 Å². The fourth-order valence-corrected chi connectivity index (χ4v) is 2.03. The minimum absolute atomic E-state index is 0.175. The molecule has 0 bridgehead atoms. The molecule has 2 rings (SSSR count). The van der Waals surface area contributed by atoms with E-state index in [1.54, 1.807) is 7.11 Å². The molecular formula is C13H18O2. The lowest BCUT2D eigenvalue weighted by Gasteiger charge is -2.30. The summed E-state index contributed by atoms with van der Waals surface area (Å²) in [6, 6.07) is 7.95. The third-order valence-corrected chi connectivity index (χ3v) is 3.27. The van der Waals surface area contributed by atoms with Crippen molar-refractivity contribution < 1.29 is 9.84 Å². The van der Waals surface area contributed by atoms with Gasteiger partial charge in [0.2, 0.25) is 0 Å². The normalized spacial score (nSPS) is 18.3. The highest BCUT2D eigenvalue weighted by molar-refractivity contribution is 5.28. The summed E-state index contributed by atoms with van der Waals surface area (Å²) in [5.41, 5.74) is 1.16. The van der Waals surface area contributed by atoms with Crippen molar-refractivity contribution in [1.29, 1.82) is 0 Å². The lowest BCUT2D eigenvalue weighted by Crippen LogP contribution is -2.28. The molecule has 0 spiro atoms. The molecule has 1 aromatic rings. The molecule has 1 N–H and O–H groups in total. The van der Waals surface area contributed by atoms with Gasteiger partial charge >= 0.3 is 0 Å². The topological polar surface area (TPSA) is 29.5 Å². The van der Waals surface area contributed by atoms with Gasteiger partial charge in [-0.1, -0.05) is 18.6 Å². The summed E-state index contributed by atoms with van der Waals surface area (Å²) in [6.45, 7) is 0. The van der Waals surface area contributed by atoms with Gasteiger partial charge < -0.3 is 9.84 Å². The van der Waals surface area contributed by atoms with Crippen LogP contribution in [0.3, 0.4) is 0 Å². The minimum Gasteiger partial charge on any atom is -0.497 e. The predicted molar refractivity (Wildman–Crippen MR) is 60.0 cm³/mol. The van der Waals surface area contributed by atoms with E-state index < -0.39 is 0 Å². The molecule has 0 saturated heterocycles. The molecular weight excluding hydrogens is 188 g/mol. The van der Waals surface area contributed by atoms with Gasteiger partial charge in [-0.25, -0.2) is 0 Å². The smallest absolute Gasteiger partial charge is 0.119 e. The molecule has 1 aliphatic rings. The first-order valence-electron chi connectivity index (χ1n) is 5.60. The zero-order valence-electron chi connectivity index (χ0n) is 9.15. The molecule has 0 amide bonds. The van der Waals surface area contributed by atoms with Crippen LogP contribution in [0.2, 0.25) is 0 Å². The van der Waals surface area contributed by atoms with Crippen LogP contribution in [-0.4, -0.2) is 18.3 Å². The molecule has 0 heterocycles. The maximum absolute atomic E-state index is 9.95. The molecule has 1 aliphatic carbocycles. The van der Waals surface area contributed by atoms with E-state index in [9.17, 15) is 5.11 Å². The number of benzene rings is 1. The Balaban J connectivity index is 1.96. The highest BCUT2D eigenvalue weighted by atomic mass is 16.5. The van der Waals surface area contributed by atoms with Gasteiger partial charge in [0.25, 0.3) is 0 Å². The largest absolute Gasteiger partial charge is 0.497 e. The molecule has 2 nitrogen and oxygen atoms in total. The second-order valence-corrected chi connectivity index (χ2v) is 4.31. The van der Waals surface area contributed by atoms with Crippen molar-refractivity contribution in [2.24, 2.45) is 5.92 Å². The van der Waals surface area contributed by atoms with Crippen LogP contribution in [-0.2, 0) is 6.42 Å². The third kappa shape index (κ3) is 2.51. The predicted octanol–water partition coefficient (Wildman–Crippen LogP) is 2.40. The first kappa shape index (κ1) is 10.5. The van der Waals surface area contributed by atoms with Gasteiger partial charge in [0.15, 0.2) is 0 Å². The van der Waals surface area contributed by atoms with E-state index in [1.165, 1.54) is 19.3 Å². The Morgan fingerprint density at radius 2 is 2.27 bits per heavy atom. The van der Waals surface area contributed by atoms with Crippen molar-refractivity contribution in [3.05, 3.63) is 29.8 Å². The molecule has 0 aromatic heterocycles. The van der Waals surface area contributed by atoms with E-state index in [0.29, 0.717) is 5.92 Å². The van der Waals surface area contributed by atoms with Gasteiger partial charge in [0, 0.05) is 0 Å². The number of rotatable bonds is 4. The van der Waals surface area contributed by atoms with Crippen molar-refractivity contribution >= 4 is 0 Å². The third-order valence-electron chi connectivity index (χ3n) is 3.27. The van der Waals surface area contributed by atoms with Crippen LogP contribution >= 0.6 is 0 Å². The number of ether oxygens (including phenoxy) is 1.